The Hall–Kier alpha value is -2.41. The maximum atomic E-state index is 9.73. The van der Waals surface area contributed by atoms with E-state index in [2.05, 4.69) is 15.0 Å². The van der Waals surface area contributed by atoms with Gasteiger partial charge in [-0.25, -0.2) is 0 Å². The number of anilines is 3. The number of nitrogens with zero attached hydrogens (tertiary/aromatic N) is 5. The summed E-state index contributed by atoms with van der Waals surface area (Å²) in [6.07, 6.45) is -0.465. The first-order valence-corrected chi connectivity index (χ1v) is 7.11. The summed E-state index contributed by atoms with van der Waals surface area (Å²) in [7, 11) is 3.70. The van der Waals surface area contributed by atoms with Crippen LogP contribution < -0.4 is 15.5 Å². The lowest BCUT2D eigenvalue weighted by Gasteiger charge is -2.25. The molecule has 3 N–H and O–H groups in total. The van der Waals surface area contributed by atoms with E-state index < -0.39 is 6.10 Å². The fourth-order valence-corrected chi connectivity index (χ4v) is 2.09. The minimum atomic E-state index is -0.465. The molecule has 0 saturated heterocycles. The molecule has 118 valence electrons. The number of benzene rings is 1. The Balaban J connectivity index is 2.27. The van der Waals surface area contributed by atoms with Crippen molar-refractivity contribution in [2.45, 2.75) is 19.6 Å². The summed E-state index contributed by atoms with van der Waals surface area (Å²) in [5, 5.41) is 9.73. The molecule has 0 bridgehead atoms. The van der Waals surface area contributed by atoms with Gasteiger partial charge >= 0.3 is 0 Å². The van der Waals surface area contributed by atoms with Crippen molar-refractivity contribution in [3.63, 3.8) is 0 Å². The predicted molar refractivity (Wildman–Crippen MR) is 87.7 cm³/mol. The number of hydrogen-bond donors (Lipinski definition) is 2. The topological polar surface area (TPSA) is 91.4 Å². The monoisotopic (exact) mass is 302 g/mol. The highest BCUT2D eigenvalue weighted by Gasteiger charge is 2.14. The van der Waals surface area contributed by atoms with Crippen LogP contribution in [0.5, 0.6) is 0 Å². The average Bonchev–Trinajstić information content (AvgIpc) is 2.46. The van der Waals surface area contributed by atoms with Gasteiger partial charge in [-0.1, -0.05) is 18.2 Å². The van der Waals surface area contributed by atoms with Crippen molar-refractivity contribution in [1.29, 1.82) is 0 Å². The van der Waals surface area contributed by atoms with Crippen molar-refractivity contribution < 1.29 is 5.11 Å². The summed E-state index contributed by atoms with van der Waals surface area (Å²) in [4.78, 5) is 16.5. The number of aliphatic hydroxyl groups excluding tert-OH is 1. The van der Waals surface area contributed by atoms with E-state index in [1.165, 1.54) is 0 Å². The highest BCUT2D eigenvalue weighted by Crippen LogP contribution is 2.17. The molecule has 1 atom stereocenters. The van der Waals surface area contributed by atoms with Gasteiger partial charge in [-0.2, -0.15) is 15.0 Å². The summed E-state index contributed by atoms with van der Waals surface area (Å²) >= 11 is 0. The Morgan fingerprint density at radius 1 is 1.14 bits per heavy atom. The SMILES string of the molecule is C[C@@H](O)CN(Cc1nc(N)nc(N(C)C)n1)c1ccccc1. The van der Waals surface area contributed by atoms with Crippen LogP contribution in [0.15, 0.2) is 30.3 Å². The summed E-state index contributed by atoms with van der Waals surface area (Å²) in [6.45, 7) is 2.68. The van der Waals surface area contributed by atoms with Crippen LogP contribution >= 0.6 is 0 Å². The minimum Gasteiger partial charge on any atom is -0.392 e. The van der Waals surface area contributed by atoms with E-state index in [0.29, 0.717) is 24.9 Å². The molecule has 1 aromatic carbocycles. The Morgan fingerprint density at radius 3 is 2.41 bits per heavy atom. The molecule has 0 fully saturated rings. The number of nitrogen functional groups attached to an aromatic ring is 1. The Labute approximate surface area is 130 Å². The standard InChI is InChI=1S/C15H22N6O/c1-11(22)9-21(12-7-5-4-6-8-12)10-13-17-14(16)19-15(18-13)20(2)3/h4-8,11,22H,9-10H2,1-3H3,(H2,16,17,18,19)/t11-/m1/s1. The molecule has 7 nitrogen and oxygen atoms in total. The van der Waals surface area contributed by atoms with Crippen LogP contribution in [0.3, 0.4) is 0 Å². The zero-order chi connectivity index (χ0) is 16.1. The van der Waals surface area contributed by atoms with Crippen LogP contribution in [0.1, 0.15) is 12.7 Å². The second-order valence-corrected chi connectivity index (χ2v) is 5.37. The fourth-order valence-electron chi connectivity index (χ4n) is 2.09. The molecule has 2 aromatic rings. The second kappa shape index (κ2) is 7.04. The normalized spacial score (nSPS) is 12.0. The number of rotatable bonds is 6. The van der Waals surface area contributed by atoms with Gasteiger partial charge < -0.3 is 20.6 Å². The van der Waals surface area contributed by atoms with E-state index in [4.69, 9.17) is 5.73 Å². The number of nitrogens with two attached hydrogens (primary N) is 1. The lowest BCUT2D eigenvalue weighted by molar-refractivity contribution is 0.199. The molecule has 0 aliphatic heterocycles. The third kappa shape index (κ3) is 4.29. The quantitative estimate of drug-likeness (QED) is 0.819. The molecule has 0 saturated carbocycles. The van der Waals surface area contributed by atoms with Gasteiger partial charge in [-0.05, 0) is 19.1 Å². The predicted octanol–water partition coefficient (Wildman–Crippen LogP) is 0.907. The highest BCUT2D eigenvalue weighted by molar-refractivity contribution is 5.46. The van der Waals surface area contributed by atoms with Crippen LogP contribution in [0, 0.1) is 0 Å². The molecule has 1 heterocycles. The molecule has 1 aromatic heterocycles. The van der Waals surface area contributed by atoms with Crippen LogP contribution in [-0.4, -0.2) is 46.8 Å². The average molecular weight is 302 g/mol. The number of para-hydroxylation sites is 1. The Kier molecular flexibility index (Phi) is 5.11. The molecule has 22 heavy (non-hydrogen) atoms. The van der Waals surface area contributed by atoms with E-state index >= 15 is 0 Å². The highest BCUT2D eigenvalue weighted by atomic mass is 16.3. The Bertz CT molecular complexity index is 602. The number of hydrogen-bond acceptors (Lipinski definition) is 7. The third-order valence-corrected chi connectivity index (χ3v) is 3.03. The smallest absolute Gasteiger partial charge is 0.229 e. The molecular weight excluding hydrogens is 280 g/mol. The summed E-state index contributed by atoms with van der Waals surface area (Å²) in [6, 6.07) is 9.84. The first-order chi connectivity index (χ1) is 10.5. The van der Waals surface area contributed by atoms with Crippen molar-refractivity contribution >= 4 is 17.6 Å². The maximum absolute atomic E-state index is 9.73. The molecule has 0 aliphatic carbocycles. The zero-order valence-electron chi connectivity index (χ0n) is 13.1. The molecule has 0 amide bonds. The van der Waals surface area contributed by atoms with Gasteiger partial charge in [0.25, 0.3) is 0 Å². The largest absolute Gasteiger partial charge is 0.392 e. The first-order valence-electron chi connectivity index (χ1n) is 7.11. The molecule has 2 rings (SSSR count). The van der Waals surface area contributed by atoms with Gasteiger partial charge in [0.1, 0.15) is 0 Å². The van der Waals surface area contributed by atoms with Gasteiger partial charge in [0.05, 0.1) is 12.6 Å². The molecule has 7 heteroatoms. The first kappa shape index (κ1) is 16.0. The van der Waals surface area contributed by atoms with Gasteiger partial charge in [0.2, 0.25) is 11.9 Å². The lowest BCUT2D eigenvalue weighted by Crippen LogP contribution is -2.31. The Morgan fingerprint density at radius 2 is 1.82 bits per heavy atom. The number of aliphatic hydroxyl groups is 1. The van der Waals surface area contributed by atoms with Crippen LogP contribution in [0.25, 0.3) is 0 Å². The van der Waals surface area contributed by atoms with Crippen LogP contribution in [-0.2, 0) is 6.54 Å². The number of aromatic nitrogens is 3. The molecule has 0 unspecified atom stereocenters. The van der Waals surface area contributed by atoms with Crippen molar-refractivity contribution in [3.05, 3.63) is 36.2 Å². The van der Waals surface area contributed by atoms with E-state index in [-0.39, 0.29) is 5.95 Å². The lowest BCUT2D eigenvalue weighted by atomic mass is 10.2. The fraction of sp³-hybridized carbons (Fsp3) is 0.400. The zero-order valence-corrected chi connectivity index (χ0v) is 13.1. The minimum absolute atomic E-state index is 0.193. The third-order valence-electron chi connectivity index (χ3n) is 3.03. The van der Waals surface area contributed by atoms with Gasteiger partial charge in [-0.15, -0.1) is 0 Å². The van der Waals surface area contributed by atoms with Crippen LogP contribution in [0.2, 0.25) is 0 Å². The molecule has 0 aliphatic rings. The molecular formula is C15H22N6O. The van der Waals surface area contributed by atoms with Crippen molar-refractivity contribution in [2.75, 3.05) is 36.2 Å². The molecule has 0 spiro atoms. The summed E-state index contributed by atoms with van der Waals surface area (Å²) < 4.78 is 0. The van der Waals surface area contributed by atoms with E-state index in [0.717, 1.165) is 5.69 Å². The molecule has 0 radical (unpaired) electrons. The van der Waals surface area contributed by atoms with E-state index in [9.17, 15) is 5.11 Å². The van der Waals surface area contributed by atoms with Crippen molar-refractivity contribution in [3.8, 4) is 0 Å². The van der Waals surface area contributed by atoms with Crippen molar-refractivity contribution in [1.82, 2.24) is 15.0 Å². The van der Waals surface area contributed by atoms with Gasteiger partial charge in [0.15, 0.2) is 5.82 Å². The second-order valence-electron chi connectivity index (χ2n) is 5.37. The van der Waals surface area contributed by atoms with E-state index in [1.54, 1.807) is 11.8 Å². The summed E-state index contributed by atoms with van der Waals surface area (Å²) in [5.74, 6) is 1.28. The summed E-state index contributed by atoms with van der Waals surface area (Å²) in [5.41, 5.74) is 6.75. The van der Waals surface area contributed by atoms with Crippen molar-refractivity contribution in [2.24, 2.45) is 0 Å². The maximum Gasteiger partial charge on any atom is 0.229 e. The van der Waals surface area contributed by atoms with Gasteiger partial charge in [-0.3, -0.25) is 0 Å². The van der Waals surface area contributed by atoms with Gasteiger partial charge in [0, 0.05) is 26.3 Å². The van der Waals surface area contributed by atoms with Crippen LogP contribution in [0.4, 0.5) is 17.6 Å². The van der Waals surface area contributed by atoms with E-state index in [1.807, 2.05) is 49.3 Å².